The second-order valence-electron chi connectivity index (χ2n) is 3.66. The normalized spacial score (nSPS) is 11.7. The number of nitrogens with one attached hydrogen (secondary N) is 1. The van der Waals surface area contributed by atoms with Crippen LogP contribution in [-0.4, -0.2) is 16.4 Å². The maximum Gasteiger partial charge on any atom is 0.393 e. The smallest absolute Gasteiger partial charge is 0.382 e. The van der Waals surface area contributed by atoms with Gasteiger partial charge in [-0.05, 0) is 5.56 Å². The van der Waals surface area contributed by atoms with Crippen LogP contribution in [0.3, 0.4) is 0 Å². The van der Waals surface area contributed by atoms with Crippen LogP contribution in [0, 0.1) is 0 Å². The number of hydrogen-bond acceptors (Lipinski definition) is 2. The molecule has 0 atom stereocenters. The molecule has 2 aromatic rings. The fourth-order valence-corrected chi connectivity index (χ4v) is 1.63. The van der Waals surface area contributed by atoms with E-state index >= 15 is 0 Å². The van der Waals surface area contributed by atoms with E-state index in [0.29, 0.717) is 11.3 Å². The summed E-state index contributed by atoms with van der Waals surface area (Å²) in [5.74, 6) is 0.252. The van der Waals surface area contributed by atoms with E-state index in [0.717, 1.165) is 0 Å². The molecule has 1 heterocycles. The van der Waals surface area contributed by atoms with Crippen LogP contribution in [0.4, 0.5) is 19.0 Å². The molecule has 6 heteroatoms. The molecule has 1 aromatic carbocycles. The second-order valence-corrected chi connectivity index (χ2v) is 3.66. The van der Waals surface area contributed by atoms with E-state index in [1.54, 1.807) is 18.2 Å². The molecule has 0 aliphatic heterocycles. The van der Waals surface area contributed by atoms with Crippen molar-refractivity contribution in [3.8, 4) is 11.3 Å². The predicted molar refractivity (Wildman–Crippen MR) is 58.2 cm³/mol. The minimum Gasteiger partial charge on any atom is -0.382 e. The lowest BCUT2D eigenvalue weighted by atomic mass is 10.0. The number of halogens is 3. The van der Waals surface area contributed by atoms with Gasteiger partial charge in [0.1, 0.15) is 5.82 Å². The summed E-state index contributed by atoms with van der Waals surface area (Å²) >= 11 is 0. The number of hydrogen-bond donors (Lipinski definition) is 2. The Balaban J connectivity index is 2.41. The number of rotatable bonds is 2. The van der Waals surface area contributed by atoms with Crippen molar-refractivity contribution < 1.29 is 13.2 Å². The molecule has 3 nitrogen and oxygen atoms in total. The Morgan fingerprint density at radius 3 is 2.53 bits per heavy atom. The molecule has 0 bridgehead atoms. The van der Waals surface area contributed by atoms with Crippen LogP contribution in [0.1, 0.15) is 5.56 Å². The van der Waals surface area contributed by atoms with Gasteiger partial charge in [0.05, 0.1) is 12.1 Å². The van der Waals surface area contributed by atoms with Gasteiger partial charge in [0.25, 0.3) is 0 Å². The van der Waals surface area contributed by atoms with E-state index in [9.17, 15) is 13.2 Å². The van der Waals surface area contributed by atoms with Crippen LogP contribution in [-0.2, 0) is 6.42 Å². The SMILES string of the molecule is Nc1cc(-c2ccccc2CC(F)(F)F)[nH]n1. The summed E-state index contributed by atoms with van der Waals surface area (Å²) in [5.41, 5.74) is 6.58. The van der Waals surface area contributed by atoms with Gasteiger partial charge in [-0.2, -0.15) is 18.3 Å². The summed E-state index contributed by atoms with van der Waals surface area (Å²) in [6, 6.07) is 7.81. The molecule has 0 fully saturated rings. The molecule has 1 aromatic heterocycles. The molecule has 0 saturated carbocycles. The van der Waals surface area contributed by atoms with E-state index in [1.807, 2.05) is 0 Å². The molecule has 90 valence electrons. The predicted octanol–water partition coefficient (Wildman–Crippen LogP) is 2.76. The summed E-state index contributed by atoms with van der Waals surface area (Å²) in [5, 5.41) is 6.31. The Hall–Kier alpha value is -1.98. The van der Waals surface area contributed by atoms with Crippen molar-refractivity contribution in [3.05, 3.63) is 35.9 Å². The van der Waals surface area contributed by atoms with Crippen molar-refractivity contribution in [3.63, 3.8) is 0 Å². The van der Waals surface area contributed by atoms with Crippen molar-refractivity contribution in [2.75, 3.05) is 5.73 Å². The number of benzene rings is 1. The number of alkyl halides is 3. The Labute approximate surface area is 95.5 Å². The van der Waals surface area contributed by atoms with Crippen molar-refractivity contribution in [1.82, 2.24) is 10.2 Å². The molecule has 2 rings (SSSR count). The van der Waals surface area contributed by atoms with Gasteiger partial charge in [0, 0.05) is 11.6 Å². The van der Waals surface area contributed by atoms with Gasteiger partial charge in [-0.1, -0.05) is 24.3 Å². The number of anilines is 1. The maximum absolute atomic E-state index is 12.4. The van der Waals surface area contributed by atoms with Gasteiger partial charge in [-0.25, -0.2) is 0 Å². The summed E-state index contributed by atoms with van der Waals surface area (Å²) in [6.45, 7) is 0. The fraction of sp³-hybridized carbons (Fsp3) is 0.182. The number of nitrogens with two attached hydrogens (primary N) is 1. The molecule has 3 N–H and O–H groups in total. The number of nitrogens with zero attached hydrogens (tertiary/aromatic N) is 1. The van der Waals surface area contributed by atoms with E-state index in [-0.39, 0.29) is 11.4 Å². The lowest BCUT2D eigenvalue weighted by molar-refractivity contribution is -0.127. The number of aromatic nitrogens is 2. The largest absolute Gasteiger partial charge is 0.393 e. The molecular formula is C11H10F3N3. The van der Waals surface area contributed by atoms with Gasteiger partial charge in [-0.3, -0.25) is 5.10 Å². The van der Waals surface area contributed by atoms with E-state index in [4.69, 9.17) is 5.73 Å². The highest BCUT2D eigenvalue weighted by molar-refractivity contribution is 5.65. The summed E-state index contributed by atoms with van der Waals surface area (Å²) in [4.78, 5) is 0. The van der Waals surface area contributed by atoms with Gasteiger partial charge in [0.2, 0.25) is 0 Å². The molecule has 0 saturated heterocycles. The van der Waals surface area contributed by atoms with Crippen LogP contribution in [0.5, 0.6) is 0 Å². The zero-order chi connectivity index (χ0) is 12.5. The number of aromatic amines is 1. The first-order valence-corrected chi connectivity index (χ1v) is 4.91. The Kier molecular flexibility index (Phi) is 2.79. The van der Waals surface area contributed by atoms with Crippen LogP contribution in [0.15, 0.2) is 30.3 Å². The van der Waals surface area contributed by atoms with Crippen LogP contribution in [0.25, 0.3) is 11.3 Å². The highest BCUT2D eigenvalue weighted by atomic mass is 19.4. The second kappa shape index (κ2) is 4.12. The van der Waals surface area contributed by atoms with Crippen LogP contribution in [0.2, 0.25) is 0 Å². The minimum atomic E-state index is -4.23. The maximum atomic E-state index is 12.4. The zero-order valence-electron chi connectivity index (χ0n) is 8.75. The summed E-state index contributed by atoms with van der Waals surface area (Å²) < 4.78 is 37.2. The van der Waals surface area contributed by atoms with Crippen molar-refractivity contribution in [2.45, 2.75) is 12.6 Å². The first kappa shape index (κ1) is 11.5. The summed E-state index contributed by atoms with van der Waals surface area (Å²) in [7, 11) is 0. The van der Waals surface area contributed by atoms with Gasteiger partial charge in [0.15, 0.2) is 0 Å². The quantitative estimate of drug-likeness (QED) is 0.849. The van der Waals surface area contributed by atoms with E-state index in [1.165, 1.54) is 12.1 Å². The summed E-state index contributed by atoms with van der Waals surface area (Å²) in [6.07, 6.45) is -5.20. The number of H-pyrrole nitrogens is 1. The highest BCUT2D eigenvalue weighted by Gasteiger charge is 2.29. The first-order valence-electron chi connectivity index (χ1n) is 4.91. The van der Waals surface area contributed by atoms with Crippen LogP contribution >= 0.6 is 0 Å². The molecule has 0 unspecified atom stereocenters. The lowest BCUT2D eigenvalue weighted by Crippen LogP contribution is -2.12. The van der Waals surface area contributed by atoms with Crippen molar-refractivity contribution >= 4 is 5.82 Å². The molecule has 0 spiro atoms. The standard InChI is InChI=1S/C11H10F3N3/c12-11(13,14)6-7-3-1-2-4-8(7)9-5-10(15)17-16-9/h1-5H,6H2,(H3,15,16,17). The molecule has 0 aliphatic rings. The topological polar surface area (TPSA) is 54.7 Å². The van der Waals surface area contributed by atoms with Crippen molar-refractivity contribution in [1.29, 1.82) is 0 Å². The molecular weight excluding hydrogens is 231 g/mol. The third-order valence-corrected chi connectivity index (χ3v) is 2.30. The average molecular weight is 241 g/mol. The molecule has 17 heavy (non-hydrogen) atoms. The minimum absolute atomic E-state index is 0.198. The Bertz CT molecular complexity index is 517. The molecule has 0 amide bonds. The van der Waals surface area contributed by atoms with Gasteiger partial charge >= 0.3 is 6.18 Å². The van der Waals surface area contributed by atoms with Crippen molar-refractivity contribution in [2.24, 2.45) is 0 Å². The third-order valence-electron chi connectivity index (χ3n) is 2.30. The molecule has 0 radical (unpaired) electrons. The highest BCUT2D eigenvalue weighted by Crippen LogP contribution is 2.28. The monoisotopic (exact) mass is 241 g/mol. The third kappa shape index (κ3) is 2.77. The Morgan fingerprint density at radius 2 is 1.94 bits per heavy atom. The molecule has 0 aliphatic carbocycles. The van der Waals surface area contributed by atoms with Gasteiger partial charge < -0.3 is 5.73 Å². The lowest BCUT2D eigenvalue weighted by Gasteiger charge is -2.10. The van der Waals surface area contributed by atoms with E-state index < -0.39 is 12.6 Å². The fourth-order valence-electron chi connectivity index (χ4n) is 1.63. The number of nitrogen functional groups attached to an aromatic ring is 1. The average Bonchev–Trinajstić information content (AvgIpc) is 2.63. The first-order chi connectivity index (χ1) is 7.96. The Morgan fingerprint density at radius 1 is 1.24 bits per heavy atom. The van der Waals surface area contributed by atoms with Gasteiger partial charge in [-0.15, -0.1) is 0 Å². The van der Waals surface area contributed by atoms with E-state index in [2.05, 4.69) is 10.2 Å². The zero-order valence-corrected chi connectivity index (χ0v) is 8.75. The van der Waals surface area contributed by atoms with Crippen LogP contribution < -0.4 is 5.73 Å².